The van der Waals surface area contributed by atoms with E-state index >= 15 is 0 Å². The first-order chi connectivity index (χ1) is 7.99. The fourth-order valence-corrected chi connectivity index (χ4v) is 1.38. The zero-order valence-electron chi connectivity index (χ0n) is 10.9. The minimum absolute atomic E-state index is 0.0616. The highest BCUT2D eigenvalue weighted by atomic mass is 16.2. The number of rotatable bonds is 5. The molecule has 0 aliphatic rings. The van der Waals surface area contributed by atoms with Gasteiger partial charge in [-0.25, -0.2) is 0 Å². The van der Waals surface area contributed by atoms with Gasteiger partial charge in [-0.15, -0.1) is 0 Å². The van der Waals surface area contributed by atoms with E-state index in [9.17, 15) is 4.79 Å². The second-order valence-corrected chi connectivity index (χ2v) is 4.93. The Morgan fingerprint density at radius 3 is 2.35 bits per heavy atom. The summed E-state index contributed by atoms with van der Waals surface area (Å²) in [4.78, 5) is 11.9. The van der Waals surface area contributed by atoms with Gasteiger partial charge < -0.3 is 11.1 Å². The Kier molecular flexibility index (Phi) is 4.70. The predicted molar refractivity (Wildman–Crippen MR) is 71.9 cm³/mol. The second-order valence-electron chi connectivity index (χ2n) is 4.93. The summed E-state index contributed by atoms with van der Waals surface area (Å²) in [6.45, 7) is 6.56. The van der Waals surface area contributed by atoms with Crippen LogP contribution in [0, 0.1) is 5.41 Å². The third kappa shape index (κ3) is 3.86. The quantitative estimate of drug-likeness (QED) is 0.822. The topological polar surface area (TPSA) is 55.1 Å². The molecule has 3 nitrogen and oxygen atoms in total. The van der Waals surface area contributed by atoms with Gasteiger partial charge in [0.25, 0.3) is 0 Å². The Bertz CT molecular complexity index is 368. The molecule has 0 saturated carbocycles. The van der Waals surface area contributed by atoms with Crippen LogP contribution in [0.3, 0.4) is 0 Å². The number of hydrogen-bond acceptors (Lipinski definition) is 2. The minimum atomic E-state index is -0.323. The molecule has 1 amide bonds. The minimum Gasteiger partial charge on any atom is -0.330 e. The molecule has 0 bridgehead atoms. The van der Waals surface area contributed by atoms with E-state index in [-0.39, 0.29) is 11.3 Å². The maximum Gasteiger partial charge on any atom is 0.230 e. The molecule has 3 heteroatoms. The number of hydrogen-bond donors (Lipinski definition) is 2. The molecular weight excluding hydrogens is 212 g/mol. The lowest BCUT2D eigenvalue weighted by atomic mass is 9.89. The zero-order valence-corrected chi connectivity index (χ0v) is 10.9. The summed E-state index contributed by atoms with van der Waals surface area (Å²) in [5, 5.41) is 2.93. The van der Waals surface area contributed by atoms with E-state index in [1.54, 1.807) is 0 Å². The molecule has 0 spiro atoms. The Labute approximate surface area is 103 Å². The van der Waals surface area contributed by atoms with Crippen molar-refractivity contribution in [3.63, 3.8) is 0 Å². The van der Waals surface area contributed by atoms with Crippen LogP contribution in [-0.4, -0.2) is 12.5 Å². The van der Waals surface area contributed by atoms with E-state index in [1.807, 2.05) is 45.0 Å². The third-order valence-electron chi connectivity index (χ3n) is 3.14. The van der Waals surface area contributed by atoms with Gasteiger partial charge in [-0.1, -0.05) is 32.9 Å². The van der Waals surface area contributed by atoms with Crippen LogP contribution in [-0.2, 0) is 11.2 Å². The highest BCUT2D eigenvalue weighted by Gasteiger charge is 2.24. The van der Waals surface area contributed by atoms with Gasteiger partial charge in [0.15, 0.2) is 0 Å². The van der Waals surface area contributed by atoms with E-state index < -0.39 is 0 Å². The highest BCUT2D eigenvalue weighted by molar-refractivity contribution is 5.94. The van der Waals surface area contributed by atoms with Gasteiger partial charge in [0.2, 0.25) is 5.91 Å². The first kappa shape index (κ1) is 13.7. The van der Waals surface area contributed by atoms with Crippen molar-refractivity contribution in [2.75, 3.05) is 11.9 Å². The average Bonchev–Trinajstić information content (AvgIpc) is 2.32. The van der Waals surface area contributed by atoms with Gasteiger partial charge in [0, 0.05) is 11.1 Å². The number of nitrogens with one attached hydrogen (secondary N) is 1. The molecule has 1 aromatic rings. The molecular formula is C14H22N2O. The molecule has 0 radical (unpaired) electrons. The maximum absolute atomic E-state index is 11.9. The SMILES string of the molecule is CCC(C)(C)C(=O)Nc1ccc(CCN)cc1. The summed E-state index contributed by atoms with van der Waals surface area (Å²) in [5.41, 5.74) is 7.20. The van der Waals surface area contributed by atoms with Crippen molar-refractivity contribution in [3.05, 3.63) is 29.8 Å². The second kappa shape index (κ2) is 5.82. The van der Waals surface area contributed by atoms with Crippen LogP contribution in [0.25, 0.3) is 0 Å². The fraction of sp³-hybridized carbons (Fsp3) is 0.500. The van der Waals surface area contributed by atoms with Crippen LogP contribution in [0.4, 0.5) is 5.69 Å². The van der Waals surface area contributed by atoms with Crippen molar-refractivity contribution in [2.24, 2.45) is 11.1 Å². The summed E-state index contributed by atoms with van der Waals surface area (Å²) in [5.74, 6) is 0.0616. The molecule has 0 saturated heterocycles. The molecule has 0 aliphatic carbocycles. The first-order valence-corrected chi connectivity index (χ1v) is 6.10. The van der Waals surface area contributed by atoms with Crippen molar-refractivity contribution in [1.29, 1.82) is 0 Å². The summed E-state index contributed by atoms with van der Waals surface area (Å²) < 4.78 is 0. The Balaban J connectivity index is 2.66. The molecule has 17 heavy (non-hydrogen) atoms. The largest absolute Gasteiger partial charge is 0.330 e. The summed E-state index contributed by atoms with van der Waals surface area (Å²) in [6, 6.07) is 7.85. The van der Waals surface area contributed by atoms with Crippen LogP contribution in [0.15, 0.2) is 24.3 Å². The number of benzene rings is 1. The third-order valence-corrected chi connectivity index (χ3v) is 3.14. The maximum atomic E-state index is 11.9. The summed E-state index contributed by atoms with van der Waals surface area (Å²) in [6.07, 6.45) is 1.69. The van der Waals surface area contributed by atoms with E-state index in [2.05, 4.69) is 5.32 Å². The van der Waals surface area contributed by atoms with Crippen molar-refractivity contribution < 1.29 is 4.79 Å². The summed E-state index contributed by atoms with van der Waals surface area (Å²) in [7, 11) is 0. The smallest absolute Gasteiger partial charge is 0.230 e. The van der Waals surface area contributed by atoms with E-state index in [1.165, 1.54) is 5.56 Å². The standard InChI is InChI=1S/C14H22N2O/c1-4-14(2,3)13(17)16-12-7-5-11(6-8-12)9-10-15/h5-8H,4,9-10,15H2,1-3H3,(H,16,17). The lowest BCUT2D eigenvalue weighted by Gasteiger charge is -2.21. The van der Waals surface area contributed by atoms with Crippen LogP contribution in [0.2, 0.25) is 0 Å². The van der Waals surface area contributed by atoms with Crippen LogP contribution < -0.4 is 11.1 Å². The Hall–Kier alpha value is -1.35. The molecule has 0 heterocycles. The van der Waals surface area contributed by atoms with Crippen molar-refractivity contribution >= 4 is 11.6 Å². The highest BCUT2D eigenvalue weighted by Crippen LogP contribution is 2.22. The van der Waals surface area contributed by atoms with Gasteiger partial charge in [-0.2, -0.15) is 0 Å². The monoisotopic (exact) mass is 234 g/mol. The van der Waals surface area contributed by atoms with Gasteiger partial charge in [-0.3, -0.25) is 4.79 Å². The number of carbonyl (C=O) groups is 1. The molecule has 0 fully saturated rings. The van der Waals surface area contributed by atoms with Crippen molar-refractivity contribution in [1.82, 2.24) is 0 Å². The van der Waals surface area contributed by atoms with Gasteiger partial charge in [0.1, 0.15) is 0 Å². The number of carbonyl (C=O) groups excluding carboxylic acids is 1. The molecule has 94 valence electrons. The first-order valence-electron chi connectivity index (χ1n) is 6.10. The lowest BCUT2D eigenvalue weighted by molar-refractivity contribution is -0.124. The van der Waals surface area contributed by atoms with Crippen LogP contribution in [0.1, 0.15) is 32.8 Å². The summed E-state index contributed by atoms with van der Waals surface area (Å²) >= 11 is 0. The predicted octanol–water partition coefficient (Wildman–Crippen LogP) is 2.56. The van der Waals surface area contributed by atoms with Gasteiger partial charge in [0.05, 0.1) is 0 Å². The van der Waals surface area contributed by atoms with E-state index in [0.717, 1.165) is 18.5 Å². The van der Waals surface area contributed by atoms with Crippen molar-refractivity contribution in [3.8, 4) is 0 Å². The van der Waals surface area contributed by atoms with Gasteiger partial charge in [-0.05, 0) is 37.1 Å². The van der Waals surface area contributed by atoms with Crippen LogP contribution >= 0.6 is 0 Å². The fourth-order valence-electron chi connectivity index (χ4n) is 1.38. The molecule has 0 aliphatic heterocycles. The molecule has 0 unspecified atom stereocenters. The number of anilines is 1. The van der Waals surface area contributed by atoms with Gasteiger partial charge >= 0.3 is 0 Å². The Morgan fingerprint density at radius 2 is 1.88 bits per heavy atom. The molecule has 0 aromatic heterocycles. The molecule has 1 aromatic carbocycles. The molecule has 3 N–H and O–H groups in total. The van der Waals surface area contributed by atoms with E-state index in [4.69, 9.17) is 5.73 Å². The molecule has 0 atom stereocenters. The number of amides is 1. The lowest BCUT2D eigenvalue weighted by Crippen LogP contribution is -2.29. The number of nitrogens with two attached hydrogens (primary N) is 1. The zero-order chi connectivity index (χ0) is 12.9. The Morgan fingerprint density at radius 1 is 1.29 bits per heavy atom. The van der Waals surface area contributed by atoms with Crippen molar-refractivity contribution in [2.45, 2.75) is 33.6 Å². The normalized spacial score (nSPS) is 11.3. The average molecular weight is 234 g/mol. The van der Waals surface area contributed by atoms with Crippen LogP contribution in [0.5, 0.6) is 0 Å². The van der Waals surface area contributed by atoms with E-state index in [0.29, 0.717) is 6.54 Å². The molecule has 1 rings (SSSR count).